The van der Waals surface area contributed by atoms with Crippen LogP contribution in [0.15, 0.2) is 219 Å². The minimum absolute atomic E-state index is 0. The van der Waals surface area contributed by atoms with Crippen LogP contribution in [0.3, 0.4) is 0 Å². The van der Waals surface area contributed by atoms with Crippen LogP contribution < -0.4 is 19.9 Å². The van der Waals surface area contributed by atoms with Gasteiger partial charge in [0.2, 0.25) is 0 Å². The van der Waals surface area contributed by atoms with Crippen molar-refractivity contribution in [1.29, 1.82) is 0 Å². The Bertz CT molecular complexity index is 5010. The third-order valence-electron chi connectivity index (χ3n) is 15.8. The fourth-order valence-corrected chi connectivity index (χ4v) is 11.8. The fraction of sp³-hybridized carbons (Fsp3) is 0. The van der Waals surface area contributed by atoms with E-state index in [1.165, 1.54) is 0 Å². The molecule has 0 radical (unpaired) electrons. The maximum Gasteiger partial charge on any atom is 2.00 e. The van der Waals surface area contributed by atoms with Gasteiger partial charge in [-0.3, -0.25) is 9.97 Å². The molecule has 4 aromatic carbocycles. The zero-order valence-electron chi connectivity index (χ0n) is 48.3. The van der Waals surface area contributed by atoms with Gasteiger partial charge >= 0.3 is 39.0 Å². The largest absolute Gasteiger partial charge is 2.00 e. The summed E-state index contributed by atoms with van der Waals surface area (Å²) in [6.45, 7) is 0. The van der Waals surface area contributed by atoms with Crippen LogP contribution in [-0.4, -0.2) is 29.9 Å². The van der Waals surface area contributed by atoms with Gasteiger partial charge in [-0.25, -0.2) is 19.9 Å². The zero-order valence-corrected chi connectivity index (χ0v) is 54.2. The Morgan fingerprint density at radius 1 is 0.222 bits per heavy atom. The van der Waals surface area contributed by atoms with E-state index in [9.17, 15) is 0 Å². The van der Waals surface area contributed by atoms with Crippen LogP contribution in [0.2, 0.25) is 0 Å². The summed E-state index contributed by atoms with van der Waals surface area (Å²) in [5, 5.41) is 0. The Hall–Kier alpha value is -11.3. The molecule has 4 aliphatic heterocycles. The minimum Gasteiger partial charge on any atom is -0.657 e. The number of nitrogens with zero attached hydrogens (tertiary/aromatic N) is 10. The molecular formula is C78H44N10Zn2. The average molecular weight is 1250 g/mol. The number of rotatable bonds is 6. The van der Waals surface area contributed by atoms with Crippen LogP contribution >= 0.6 is 0 Å². The van der Waals surface area contributed by atoms with Crippen molar-refractivity contribution in [2.75, 3.05) is 0 Å². The molecule has 0 spiro atoms. The first-order chi connectivity index (χ1) is 43.6. The van der Waals surface area contributed by atoms with Crippen molar-refractivity contribution in [1.82, 2.24) is 49.8 Å². The van der Waals surface area contributed by atoms with E-state index in [0.717, 1.165) is 134 Å². The molecule has 0 N–H and O–H groups in total. The van der Waals surface area contributed by atoms with Crippen LogP contribution in [0.25, 0.3) is 160 Å². The van der Waals surface area contributed by atoms with E-state index >= 15 is 0 Å². The summed E-state index contributed by atoms with van der Waals surface area (Å²) < 4.78 is 0. The third-order valence-corrected chi connectivity index (χ3v) is 15.8. The van der Waals surface area contributed by atoms with E-state index in [0.29, 0.717) is 33.5 Å². The van der Waals surface area contributed by atoms with Crippen molar-refractivity contribution in [3.63, 3.8) is 0 Å². The Morgan fingerprint density at radius 3 is 0.700 bits per heavy atom. The Morgan fingerprint density at radius 2 is 0.433 bits per heavy atom. The van der Waals surface area contributed by atoms with Gasteiger partial charge in [-0.1, -0.05) is 182 Å². The molecule has 0 amide bonds. The minimum atomic E-state index is 0. The summed E-state index contributed by atoms with van der Waals surface area (Å²) in [5.74, 6) is 13.5. The van der Waals surface area contributed by atoms with Crippen LogP contribution in [0.1, 0.15) is 56.7 Å². The van der Waals surface area contributed by atoms with Crippen molar-refractivity contribution in [3.8, 4) is 90.4 Å². The van der Waals surface area contributed by atoms with Crippen molar-refractivity contribution in [2.24, 2.45) is 0 Å². The van der Waals surface area contributed by atoms with Gasteiger partial charge in [-0.15, -0.1) is 44.1 Å². The molecule has 8 aromatic heterocycles. The van der Waals surface area contributed by atoms with Gasteiger partial charge in [-0.05, 0) is 151 Å². The molecule has 410 valence electrons. The number of benzene rings is 4. The van der Waals surface area contributed by atoms with Gasteiger partial charge in [0, 0.05) is 35.9 Å². The van der Waals surface area contributed by atoms with Crippen molar-refractivity contribution >= 4 is 92.7 Å². The molecule has 0 atom stereocenters. The molecule has 90 heavy (non-hydrogen) atoms. The molecule has 0 unspecified atom stereocenters. The first-order valence-electron chi connectivity index (χ1n) is 28.8. The predicted molar refractivity (Wildman–Crippen MR) is 356 cm³/mol. The van der Waals surface area contributed by atoms with E-state index in [1.807, 2.05) is 146 Å². The maximum atomic E-state index is 5.40. The topological polar surface area (TPSA) is 134 Å². The summed E-state index contributed by atoms with van der Waals surface area (Å²) in [4.78, 5) is 51.8. The van der Waals surface area contributed by atoms with E-state index in [1.54, 1.807) is 24.8 Å². The molecule has 10 nitrogen and oxygen atoms in total. The molecule has 16 bridgehead atoms. The van der Waals surface area contributed by atoms with Gasteiger partial charge in [0.1, 0.15) is 0 Å². The number of aromatic nitrogens is 10. The molecule has 12 heterocycles. The number of hydrogen-bond acceptors (Lipinski definition) is 6. The molecule has 0 saturated carbocycles. The van der Waals surface area contributed by atoms with Gasteiger partial charge in [-0.2, -0.15) is 0 Å². The Labute approximate surface area is 543 Å². The Kier molecular flexibility index (Phi) is 15.4. The van der Waals surface area contributed by atoms with Crippen LogP contribution in [-0.2, 0) is 39.0 Å². The van der Waals surface area contributed by atoms with Gasteiger partial charge in [0.25, 0.3) is 0 Å². The summed E-state index contributed by atoms with van der Waals surface area (Å²) in [6, 6.07) is 65.3. The van der Waals surface area contributed by atoms with E-state index in [4.69, 9.17) is 39.9 Å². The normalized spacial score (nSPS) is 11.7. The SMILES string of the molecule is C(C#Cc1c2nc(c(-c3ccccc3)c3ccc([n-]3)c(-c3ccncc3)c3nc(c(-c4ccccc4)c4ccc1[n-]4)C=C3)C=C2)#Cc1c2nc(c(-c3ccccc3)c3ccc([n-]3)c(-c3ccncc3)c3nc(c(-c4ccccc4)c4ccc1[n-]4)C=C3)C=C2.[Zn+2].[Zn+2]. The van der Waals surface area contributed by atoms with Crippen LogP contribution in [0.4, 0.5) is 0 Å². The first-order valence-corrected chi connectivity index (χ1v) is 28.8. The van der Waals surface area contributed by atoms with Gasteiger partial charge < -0.3 is 19.9 Å². The molecule has 0 aliphatic carbocycles. The number of fused-ring (bicyclic) bond motifs is 16. The van der Waals surface area contributed by atoms with Gasteiger partial charge in [0.05, 0.1) is 45.6 Å². The van der Waals surface area contributed by atoms with Crippen molar-refractivity contribution in [2.45, 2.75) is 0 Å². The summed E-state index contributed by atoms with van der Waals surface area (Å²) in [7, 11) is 0. The molecule has 4 aliphatic rings. The van der Waals surface area contributed by atoms with Crippen LogP contribution in [0, 0.1) is 23.7 Å². The fourth-order valence-electron chi connectivity index (χ4n) is 11.8. The zero-order chi connectivity index (χ0) is 58.3. The van der Waals surface area contributed by atoms with Crippen molar-refractivity contribution in [3.05, 3.63) is 276 Å². The first kappa shape index (κ1) is 56.5. The second-order valence-corrected chi connectivity index (χ2v) is 21.2. The molecule has 12 heteroatoms. The van der Waals surface area contributed by atoms with Gasteiger partial charge in [0.15, 0.2) is 0 Å². The quantitative estimate of drug-likeness (QED) is 0.117. The summed E-state index contributed by atoms with van der Waals surface area (Å²) in [5.41, 5.74) is 23.8. The summed E-state index contributed by atoms with van der Waals surface area (Å²) >= 11 is 0. The smallest absolute Gasteiger partial charge is 0.657 e. The second-order valence-electron chi connectivity index (χ2n) is 21.2. The third kappa shape index (κ3) is 10.6. The molecular weight excluding hydrogens is 1210 g/mol. The monoisotopic (exact) mass is 1250 g/mol. The molecule has 0 saturated heterocycles. The second kappa shape index (κ2) is 24.5. The van der Waals surface area contributed by atoms with E-state index < -0.39 is 0 Å². The predicted octanol–water partition coefficient (Wildman–Crippen LogP) is 16.3. The van der Waals surface area contributed by atoms with Crippen molar-refractivity contribution < 1.29 is 39.0 Å². The van der Waals surface area contributed by atoms with E-state index in [2.05, 4.69) is 131 Å². The number of hydrogen-bond donors (Lipinski definition) is 0. The number of pyridine rings is 2. The molecule has 12 aromatic rings. The maximum absolute atomic E-state index is 5.40. The van der Waals surface area contributed by atoms with E-state index in [-0.39, 0.29) is 39.0 Å². The molecule has 16 rings (SSSR count). The molecule has 0 fully saturated rings. The Balaban J connectivity index is 0.00000354. The summed E-state index contributed by atoms with van der Waals surface area (Å²) in [6.07, 6.45) is 23.5. The average Bonchev–Trinajstić information content (AvgIpc) is 3.51. The standard InChI is InChI=1S/C78H44N10.2Zn/c1-5-15-49(16-6-1)73-61-29-25-57(81-61)55(58-26-30-62(82-58)74(50-17-7-2-8-18-50)66-34-38-70(86-66)77(53-41-45-79-46-42-53)69-37-33-65(73)85-69)23-13-14-24-56-59-27-31-63(83-59)75(51-19-9-3-10-20-51)67-35-39-71(87-67)78(54-43-47-80-48-44-54)72-40-36-68(88-72)76(52-21-11-4-12-22-52)64-32-28-60(56)84-64;;/h1-12,15-22,25-48H;;/q-4;2*+2. The van der Waals surface area contributed by atoms with Crippen LogP contribution in [0.5, 0.6) is 0 Å².